The fourth-order valence-corrected chi connectivity index (χ4v) is 2.58. The van der Waals surface area contributed by atoms with Crippen LogP contribution in [0.15, 0.2) is 12.4 Å². The Hall–Kier alpha value is -0.870. The summed E-state index contributed by atoms with van der Waals surface area (Å²) in [5.74, 6) is 0.759. The Kier molecular flexibility index (Phi) is 7.10. The van der Waals surface area contributed by atoms with Crippen LogP contribution < -0.4 is 5.73 Å². The van der Waals surface area contributed by atoms with Crippen LogP contribution in [0.4, 0.5) is 0 Å². The third-order valence-corrected chi connectivity index (χ3v) is 4.08. The van der Waals surface area contributed by atoms with E-state index in [4.69, 9.17) is 5.73 Å². The fraction of sp³-hybridized carbons (Fsp3) is 0.800. The van der Waals surface area contributed by atoms with Crippen LogP contribution in [0, 0.1) is 5.92 Å². The lowest BCUT2D eigenvalue weighted by Gasteiger charge is -2.32. The van der Waals surface area contributed by atoms with Gasteiger partial charge in [-0.2, -0.15) is 5.10 Å². The van der Waals surface area contributed by atoms with Crippen LogP contribution in [0.2, 0.25) is 0 Å². The van der Waals surface area contributed by atoms with Gasteiger partial charge in [0.15, 0.2) is 0 Å². The van der Waals surface area contributed by atoms with Gasteiger partial charge in [0.25, 0.3) is 0 Å². The van der Waals surface area contributed by atoms with Crippen LogP contribution in [-0.4, -0.2) is 34.3 Å². The van der Waals surface area contributed by atoms with Gasteiger partial charge in [-0.15, -0.1) is 0 Å². The number of aryl methyl sites for hydroxylation is 1. The molecule has 1 aromatic heterocycles. The third-order valence-electron chi connectivity index (χ3n) is 4.08. The second kappa shape index (κ2) is 8.33. The molecule has 19 heavy (non-hydrogen) atoms. The Balaban J connectivity index is 2.79. The largest absolute Gasteiger partial charge is 0.329 e. The highest BCUT2D eigenvalue weighted by Gasteiger charge is 2.21. The van der Waals surface area contributed by atoms with E-state index in [-0.39, 0.29) is 0 Å². The molecule has 0 amide bonds. The van der Waals surface area contributed by atoms with Gasteiger partial charge in [-0.1, -0.05) is 33.6 Å². The highest BCUT2D eigenvalue weighted by atomic mass is 15.3. The molecule has 0 aliphatic rings. The molecule has 1 rings (SSSR count). The normalized spacial score (nSPS) is 13.4. The SMILES string of the molecule is CCC(CC)CN(CC)C(CN)c1cnn(CC)c1. The van der Waals surface area contributed by atoms with E-state index in [2.05, 4.69) is 43.9 Å². The van der Waals surface area contributed by atoms with E-state index in [0.29, 0.717) is 12.6 Å². The van der Waals surface area contributed by atoms with E-state index in [1.807, 2.05) is 10.9 Å². The standard InChI is InChI=1S/C15H30N4/c1-5-13(6-2)11-18(7-3)15(9-16)14-10-17-19(8-4)12-14/h10,12-13,15H,5-9,11,16H2,1-4H3. The second-order valence-corrected chi connectivity index (χ2v) is 5.15. The van der Waals surface area contributed by atoms with Crippen LogP contribution in [0.5, 0.6) is 0 Å². The smallest absolute Gasteiger partial charge is 0.0538 e. The Labute approximate surface area is 118 Å². The molecule has 0 saturated carbocycles. The predicted octanol–water partition coefficient (Wildman–Crippen LogP) is 2.66. The topological polar surface area (TPSA) is 47.1 Å². The molecule has 4 nitrogen and oxygen atoms in total. The monoisotopic (exact) mass is 266 g/mol. The van der Waals surface area contributed by atoms with Crippen molar-refractivity contribution in [1.29, 1.82) is 0 Å². The Bertz CT molecular complexity index is 344. The van der Waals surface area contributed by atoms with Gasteiger partial charge in [0.2, 0.25) is 0 Å². The van der Waals surface area contributed by atoms with Crippen molar-refractivity contribution < 1.29 is 0 Å². The molecule has 2 N–H and O–H groups in total. The Morgan fingerprint density at radius 2 is 1.95 bits per heavy atom. The summed E-state index contributed by atoms with van der Waals surface area (Å²) in [4.78, 5) is 2.49. The summed E-state index contributed by atoms with van der Waals surface area (Å²) < 4.78 is 1.98. The molecule has 0 spiro atoms. The number of likely N-dealkylation sites (N-methyl/N-ethyl adjacent to an activating group) is 1. The minimum absolute atomic E-state index is 0.297. The van der Waals surface area contributed by atoms with Crippen LogP contribution in [-0.2, 0) is 6.54 Å². The maximum atomic E-state index is 6.01. The van der Waals surface area contributed by atoms with E-state index < -0.39 is 0 Å². The molecule has 1 aromatic rings. The summed E-state index contributed by atoms with van der Waals surface area (Å²) in [5.41, 5.74) is 7.26. The quantitative estimate of drug-likeness (QED) is 0.747. The summed E-state index contributed by atoms with van der Waals surface area (Å²) in [5, 5.41) is 4.37. The first-order chi connectivity index (χ1) is 9.19. The molecule has 1 unspecified atom stereocenters. The number of hydrogen-bond donors (Lipinski definition) is 1. The van der Waals surface area contributed by atoms with Crippen molar-refractivity contribution in [2.75, 3.05) is 19.6 Å². The fourth-order valence-electron chi connectivity index (χ4n) is 2.58. The van der Waals surface area contributed by atoms with Crippen LogP contribution in [0.25, 0.3) is 0 Å². The first-order valence-corrected chi connectivity index (χ1v) is 7.66. The molecule has 0 radical (unpaired) electrons. The molecule has 110 valence electrons. The van der Waals surface area contributed by atoms with Crippen molar-refractivity contribution in [1.82, 2.24) is 14.7 Å². The lowest BCUT2D eigenvalue weighted by Crippen LogP contribution is -2.36. The van der Waals surface area contributed by atoms with Gasteiger partial charge in [-0.3, -0.25) is 9.58 Å². The molecular formula is C15H30N4. The predicted molar refractivity (Wildman–Crippen MR) is 81.0 cm³/mol. The average molecular weight is 266 g/mol. The summed E-state index contributed by atoms with van der Waals surface area (Å²) in [6, 6.07) is 0.297. The first-order valence-electron chi connectivity index (χ1n) is 7.66. The second-order valence-electron chi connectivity index (χ2n) is 5.15. The molecule has 0 bridgehead atoms. The lowest BCUT2D eigenvalue weighted by atomic mass is 10.0. The highest BCUT2D eigenvalue weighted by Crippen LogP contribution is 2.22. The number of aromatic nitrogens is 2. The lowest BCUT2D eigenvalue weighted by molar-refractivity contribution is 0.174. The molecular weight excluding hydrogens is 236 g/mol. The first kappa shape index (κ1) is 16.2. The number of nitrogens with two attached hydrogens (primary N) is 1. The van der Waals surface area contributed by atoms with Crippen LogP contribution in [0.1, 0.15) is 52.1 Å². The maximum absolute atomic E-state index is 6.01. The minimum atomic E-state index is 0.297. The maximum Gasteiger partial charge on any atom is 0.0538 e. The average Bonchev–Trinajstić information content (AvgIpc) is 2.92. The molecule has 0 aliphatic heterocycles. The van der Waals surface area contributed by atoms with Gasteiger partial charge < -0.3 is 5.73 Å². The summed E-state index contributed by atoms with van der Waals surface area (Å²) in [6.45, 7) is 12.6. The number of nitrogens with zero attached hydrogens (tertiary/aromatic N) is 3. The summed E-state index contributed by atoms with van der Waals surface area (Å²) >= 11 is 0. The van der Waals surface area contributed by atoms with Gasteiger partial charge in [0.05, 0.1) is 12.2 Å². The van der Waals surface area contributed by atoms with E-state index >= 15 is 0 Å². The summed E-state index contributed by atoms with van der Waals surface area (Å²) in [6.07, 6.45) is 6.57. The van der Waals surface area contributed by atoms with E-state index in [9.17, 15) is 0 Å². The zero-order valence-corrected chi connectivity index (χ0v) is 13.0. The minimum Gasteiger partial charge on any atom is -0.329 e. The summed E-state index contributed by atoms with van der Waals surface area (Å²) in [7, 11) is 0. The zero-order chi connectivity index (χ0) is 14.3. The van der Waals surface area contributed by atoms with E-state index in [1.165, 1.54) is 18.4 Å². The van der Waals surface area contributed by atoms with Crippen molar-refractivity contribution in [3.63, 3.8) is 0 Å². The van der Waals surface area contributed by atoms with E-state index in [0.717, 1.165) is 25.6 Å². The van der Waals surface area contributed by atoms with Crippen molar-refractivity contribution in [3.8, 4) is 0 Å². The molecule has 4 heteroatoms. The number of hydrogen-bond acceptors (Lipinski definition) is 3. The van der Waals surface area contributed by atoms with Crippen molar-refractivity contribution in [2.45, 2.75) is 53.1 Å². The van der Waals surface area contributed by atoms with E-state index in [1.54, 1.807) is 0 Å². The van der Waals surface area contributed by atoms with Gasteiger partial charge in [-0.25, -0.2) is 0 Å². The van der Waals surface area contributed by atoms with Crippen LogP contribution in [0.3, 0.4) is 0 Å². The third kappa shape index (κ3) is 4.32. The molecule has 0 aromatic carbocycles. The van der Waals surface area contributed by atoms with Crippen molar-refractivity contribution in [2.24, 2.45) is 11.7 Å². The Morgan fingerprint density at radius 1 is 1.26 bits per heavy atom. The van der Waals surface area contributed by atoms with Crippen molar-refractivity contribution in [3.05, 3.63) is 18.0 Å². The molecule has 0 aliphatic carbocycles. The van der Waals surface area contributed by atoms with Gasteiger partial charge in [-0.05, 0) is 19.4 Å². The van der Waals surface area contributed by atoms with Crippen LogP contribution >= 0.6 is 0 Å². The van der Waals surface area contributed by atoms with Gasteiger partial charge in [0.1, 0.15) is 0 Å². The molecule has 0 fully saturated rings. The van der Waals surface area contributed by atoms with Gasteiger partial charge in [0, 0.05) is 31.4 Å². The molecule has 0 saturated heterocycles. The zero-order valence-electron chi connectivity index (χ0n) is 13.0. The molecule has 1 heterocycles. The highest BCUT2D eigenvalue weighted by molar-refractivity contribution is 5.11. The van der Waals surface area contributed by atoms with Gasteiger partial charge >= 0.3 is 0 Å². The Morgan fingerprint density at radius 3 is 2.37 bits per heavy atom. The number of rotatable bonds is 9. The molecule has 1 atom stereocenters. The van der Waals surface area contributed by atoms with Crippen molar-refractivity contribution >= 4 is 0 Å².